The highest BCUT2D eigenvalue weighted by atomic mass is 16.3. The van der Waals surface area contributed by atoms with E-state index < -0.39 is 6.10 Å². The lowest BCUT2D eigenvalue weighted by atomic mass is 9.96. The molecule has 3 rings (SSSR count). The summed E-state index contributed by atoms with van der Waals surface area (Å²) in [7, 11) is 0. The van der Waals surface area contributed by atoms with Crippen LogP contribution in [0.5, 0.6) is 0 Å². The number of carbonyl (C=O) groups excluding carboxylic acids is 1. The van der Waals surface area contributed by atoms with Crippen LogP contribution in [0.2, 0.25) is 0 Å². The molecule has 0 fully saturated rings. The fourth-order valence-corrected chi connectivity index (χ4v) is 3.33. The van der Waals surface area contributed by atoms with Gasteiger partial charge in [0, 0.05) is 17.3 Å². The van der Waals surface area contributed by atoms with E-state index in [4.69, 9.17) is 0 Å². The summed E-state index contributed by atoms with van der Waals surface area (Å²) in [5, 5.41) is 10.9. The number of ketones is 1. The summed E-state index contributed by atoms with van der Waals surface area (Å²) in [6, 6.07) is 17.2. The third kappa shape index (κ3) is 3.63. The molecule has 0 saturated heterocycles. The minimum atomic E-state index is -0.788. The van der Waals surface area contributed by atoms with Gasteiger partial charge in [0.15, 0.2) is 5.78 Å². The van der Waals surface area contributed by atoms with Crippen molar-refractivity contribution in [2.24, 2.45) is 0 Å². The molecular weight excluding hydrogens is 322 g/mol. The highest BCUT2D eigenvalue weighted by Gasteiger charge is 2.18. The van der Waals surface area contributed by atoms with Crippen molar-refractivity contribution in [2.45, 2.75) is 39.2 Å². The van der Waals surface area contributed by atoms with Crippen molar-refractivity contribution in [1.82, 2.24) is 4.40 Å². The van der Waals surface area contributed by atoms with Gasteiger partial charge in [-0.15, -0.1) is 0 Å². The van der Waals surface area contributed by atoms with Gasteiger partial charge in [-0.2, -0.15) is 0 Å². The molecule has 1 atom stereocenters. The monoisotopic (exact) mass is 347 g/mol. The van der Waals surface area contributed by atoms with E-state index in [0.29, 0.717) is 11.3 Å². The van der Waals surface area contributed by atoms with Gasteiger partial charge in [-0.1, -0.05) is 56.7 Å². The quantitative estimate of drug-likeness (QED) is 0.463. The number of pyridine rings is 1. The second kappa shape index (κ2) is 8.15. The molecule has 26 heavy (non-hydrogen) atoms. The van der Waals surface area contributed by atoms with E-state index in [2.05, 4.69) is 6.92 Å². The molecule has 0 aliphatic rings. The number of rotatable bonds is 7. The second-order valence-electron chi connectivity index (χ2n) is 6.50. The topological polar surface area (TPSA) is 41.7 Å². The summed E-state index contributed by atoms with van der Waals surface area (Å²) in [6.07, 6.45) is 5.69. The van der Waals surface area contributed by atoms with Gasteiger partial charge in [-0.25, -0.2) is 0 Å². The van der Waals surface area contributed by atoms with Gasteiger partial charge in [0.1, 0.15) is 6.10 Å². The zero-order chi connectivity index (χ0) is 18.5. The van der Waals surface area contributed by atoms with Crippen molar-refractivity contribution in [1.29, 1.82) is 0 Å². The molecule has 1 aromatic carbocycles. The SMILES string of the molecule is CC/C=C(/CCC)C(=O)c1cc(C(O)c2ccccc2)n2cccc2c1. The van der Waals surface area contributed by atoms with Crippen molar-refractivity contribution in [3.05, 3.63) is 89.3 Å². The number of hydrogen-bond acceptors (Lipinski definition) is 2. The highest BCUT2D eigenvalue weighted by Crippen LogP contribution is 2.26. The van der Waals surface area contributed by atoms with Gasteiger partial charge in [0.05, 0.1) is 5.69 Å². The number of nitrogens with zero attached hydrogens (tertiary/aromatic N) is 1. The maximum Gasteiger partial charge on any atom is 0.188 e. The number of aliphatic hydroxyl groups is 1. The minimum absolute atomic E-state index is 0.0545. The van der Waals surface area contributed by atoms with Crippen molar-refractivity contribution in [3.8, 4) is 0 Å². The Morgan fingerprint density at radius 3 is 2.58 bits per heavy atom. The highest BCUT2D eigenvalue weighted by molar-refractivity contribution is 6.09. The van der Waals surface area contributed by atoms with E-state index in [1.165, 1.54) is 0 Å². The lowest BCUT2D eigenvalue weighted by molar-refractivity contribution is 0.103. The number of aromatic nitrogens is 1. The summed E-state index contributed by atoms with van der Waals surface area (Å²) < 4.78 is 1.94. The number of benzene rings is 1. The molecule has 0 bridgehead atoms. The molecule has 0 saturated carbocycles. The third-order valence-electron chi connectivity index (χ3n) is 4.58. The summed E-state index contributed by atoms with van der Waals surface area (Å²) in [5.74, 6) is 0.0545. The average molecular weight is 347 g/mol. The number of Topliss-reactive ketones (excluding diaryl/α,β-unsaturated/α-hetero) is 1. The lowest BCUT2D eigenvalue weighted by Gasteiger charge is -2.16. The zero-order valence-electron chi connectivity index (χ0n) is 15.4. The molecule has 1 unspecified atom stereocenters. The van der Waals surface area contributed by atoms with Gasteiger partial charge < -0.3 is 9.51 Å². The van der Waals surface area contributed by atoms with Crippen molar-refractivity contribution in [3.63, 3.8) is 0 Å². The van der Waals surface area contributed by atoms with Gasteiger partial charge in [-0.05, 0) is 48.2 Å². The first-order valence-electron chi connectivity index (χ1n) is 9.23. The summed E-state index contributed by atoms with van der Waals surface area (Å²) in [6.45, 7) is 4.13. The van der Waals surface area contributed by atoms with Gasteiger partial charge in [0.25, 0.3) is 0 Å². The largest absolute Gasteiger partial charge is 0.382 e. The Morgan fingerprint density at radius 2 is 1.88 bits per heavy atom. The number of carbonyl (C=O) groups is 1. The van der Waals surface area contributed by atoms with Crippen LogP contribution in [0.25, 0.3) is 5.52 Å². The Hall–Kier alpha value is -2.65. The molecule has 3 heteroatoms. The number of aliphatic hydroxyl groups excluding tert-OH is 1. The summed E-state index contributed by atoms with van der Waals surface area (Å²) in [4.78, 5) is 13.0. The van der Waals surface area contributed by atoms with Crippen LogP contribution in [0.3, 0.4) is 0 Å². The van der Waals surface area contributed by atoms with Gasteiger partial charge >= 0.3 is 0 Å². The molecule has 0 aliphatic carbocycles. The van der Waals surface area contributed by atoms with E-state index in [1.807, 2.05) is 78.2 Å². The van der Waals surface area contributed by atoms with E-state index in [-0.39, 0.29) is 5.78 Å². The first-order chi connectivity index (χ1) is 12.7. The molecule has 0 spiro atoms. The fourth-order valence-electron chi connectivity index (χ4n) is 3.33. The third-order valence-corrected chi connectivity index (χ3v) is 4.58. The van der Waals surface area contributed by atoms with E-state index in [1.54, 1.807) is 0 Å². The van der Waals surface area contributed by atoms with Gasteiger partial charge in [-0.3, -0.25) is 4.79 Å². The Balaban J connectivity index is 2.09. The molecule has 2 aromatic heterocycles. The Morgan fingerprint density at radius 1 is 1.12 bits per heavy atom. The van der Waals surface area contributed by atoms with Crippen LogP contribution in [0.1, 0.15) is 60.8 Å². The van der Waals surface area contributed by atoms with Crippen molar-refractivity contribution >= 4 is 11.3 Å². The molecule has 134 valence electrons. The minimum Gasteiger partial charge on any atom is -0.382 e. The number of hydrogen-bond donors (Lipinski definition) is 1. The molecule has 0 radical (unpaired) electrons. The van der Waals surface area contributed by atoms with E-state index >= 15 is 0 Å². The van der Waals surface area contributed by atoms with E-state index in [9.17, 15) is 9.90 Å². The van der Waals surface area contributed by atoms with E-state index in [0.717, 1.165) is 35.9 Å². The first-order valence-corrected chi connectivity index (χ1v) is 9.23. The predicted octanol–water partition coefficient (Wildman–Crippen LogP) is 5.34. The zero-order valence-corrected chi connectivity index (χ0v) is 15.4. The van der Waals surface area contributed by atoms with Crippen LogP contribution >= 0.6 is 0 Å². The molecular formula is C23H25NO2. The molecule has 0 aliphatic heterocycles. The normalized spacial score (nSPS) is 13.1. The summed E-state index contributed by atoms with van der Waals surface area (Å²) in [5.41, 5.74) is 3.91. The number of allylic oxidation sites excluding steroid dienone is 2. The fraction of sp³-hybridized carbons (Fsp3) is 0.261. The van der Waals surface area contributed by atoms with Crippen LogP contribution in [-0.4, -0.2) is 15.3 Å². The van der Waals surface area contributed by atoms with Crippen LogP contribution in [-0.2, 0) is 0 Å². The maximum absolute atomic E-state index is 13.0. The second-order valence-corrected chi connectivity index (χ2v) is 6.50. The van der Waals surface area contributed by atoms with Crippen molar-refractivity contribution < 1.29 is 9.90 Å². The van der Waals surface area contributed by atoms with Gasteiger partial charge in [0.2, 0.25) is 0 Å². The smallest absolute Gasteiger partial charge is 0.188 e. The Labute approximate surface area is 154 Å². The summed E-state index contributed by atoms with van der Waals surface area (Å²) >= 11 is 0. The standard InChI is InChI=1S/C23H25NO2/c1-3-9-17(10-4-2)22(25)19-15-20-13-8-14-24(20)21(16-19)23(26)18-11-6-5-7-12-18/h5-9,11-16,23,26H,3-4,10H2,1-2H3/b17-9-. The molecule has 2 heterocycles. The molecule has 3 aromatic rings. The number of fused-ring (bicyclic) bond motifs is 1. The Bertz CT molecular complexity index is 922. The maximum atomic E-state index is 13.0. The first kappa shape index (κ1) is 18.2. The van der Waals surface area contributed by atoms with Crippen LogP contribution in [0.15, 0.2) is 72.4 Å². The van der Waals surface area contributed by atoms with Crippen LogP contribution < -0.4 is 0 Å². The molecule has 3 nitrogen and oxygen atoms in total. The Kier molecular flexibility index (Phi) is 5.69. The molecule has 1 N–H and O–H groups in total. The van der Waals surface area contributed by atoms with Crippen LogP contribution in [0, 0.1) is 0 Å². The molecule has 0 amide bonds. The average Bonchev–Trinajstić information content (AvgIpc) is 3.15. The van der Waals surface area contributed by atoms with Crippen molar-refractivity contribution in [2.75, 3.05) is 0 Å². The predicted molar refractivity (Wildman–Crippen MR) is 106 cm³/mol. The lowest BCUT2D eigenvalue weighted by Crippen LogP contribution is -2.10. The van der Waals surface area contributed by atoms with Crippen LogP contribution in [0.4, 0.5) is 0 Å².